The number of carbonyl (C=O) groups is 1. The fourth-order valence-electron chi connectivity index (χ4n) is 2.90. The van der Waals surface area contributed by atoms with Crippen LogP contribution in [0.25, 0.3) is 0 Å². The minimum atomic E-state index is 0.0927. The molecule has 3 N–H and O–H groups in total. The van der Waals surface area contributed by atoms with Crippen LogP contribution in [-0.4, -0.2) is 19.1 Å². The van der Waals surface area contributed by atoms with Gasteiger partial charge in [-0.2, -0.15) is 0 Å². The Bertz CT molecular complexity index is 448. The first-order valence-electron chi connectivity index (χ1n) is 7.44. The highest BCUT2D eigenvalue weighted by Crippen LogP contribution is 2.31. The van der Waals surface area contributed by atoms with Crippen LogP contribution >= 0.6 is 0 Å². The molecule has 2 rings (SSSR count). The van der Waals surface area contributed by atoms with Crippen molar-refractivity contribution < 1.29 is 9.53 Å². The van der Waals surface area contributed by atoms with Gasteiger partial charge in [-0.15, -0.1) is 0 Å². The largest absolute Gasteiger partial charge is 0.494 e. The van der Waals surface area contributed by atoms with E-state index in [1.807, 2.05) is 31.2 Å². The van der Waals surface area contributed by atoms with Gasteiger partial charge in [0.15, 0.2) is 0 Å². The molecule has 1 amide bonds. The Morgan fingerprint density at radius 1 is 1.45 bits per heavy atom. The SMILES string of the molecule is CCOc1cccc(CNC(=O)[C@@H]2CCC[C@@H]2CN)c1. The van der Waals surface area contributed by atoms with Crippen LogP contribution in [0.2, 0.25) is 0 Å². The molecule has 0 unspecified atom stereocenters. The van der Waals surface area contributed by atoms with Gasteiger partial charge in [0.2, 0.25) is 5.91 Å². The first-order chi connectivity index (χ1) is 9.74. The maximum Gasteiger partial charge on any atom is 0.223 e. The lowest BCUT2D eigenvalue weighted by Crippen LogP contribution is -2.34. The Morgan fingerprint density at radius 3 is 3.05 bits per heavy atom. The summed E-state index contributed by atoms with van der Waals surface area (Å²) < 4.78 is 5.46. The second kappa shape index (κ2) is 7.29. The Morgan fingerprint density at radius 2 is 2.30 bits per heavy atom. The summed E-state index contributed by atoms with van der Waals surface area (Å²) in [6.07, 6.45) is 3.15. The molecule has 1 aliphatic rings. The van der Waals surface area contributed by atoms with E-state index < -0.39 is 0 Å². The van der Waals surface area contributed by atoms with Crippen LogP contribution in [0, 0.1) is 11.8 Å². The van der Waals surface area contributed by atoms with Gasteiger partial charge in [-0.3, -0.25) is 4.79 Å². The minimum absolute atomic E-state index is 0.0927. The molecule has 4 heteroatoms. The molecule has 110 valence electrons. The third-order valence-corrected chi connectivity index (χ3v) is 3.97. The summed E-state index contributed by atoms with van der Waals surface area (Å²) in [5, 5.41) is 3.02. The molecule has 0 heterocycles. The molecule has 1 aromatic carbocycles. The van der Waals surface area contributed by atoms with Gasteiger partial charge in [-0.25, -0.2) is 0 Å². The maximum absolute atomic E-state index is 12.2. The van der Waals surface area contributed by atoms with Crippen molar-refractivity contribution in [2.24, 2.45) is 17.6 Å². The van der Waals surface area contributed by atoms with Gasteiger partial charge in [0.25, 0.3) is 0 Å². The molecule has 2 atom stereocenters. The molecule has 0 saturated heterocycles. The second-order valence-electron chi connectivity index (χ2n) is 5.33. The van der Waals surface area contributed by atoms with Crippen LogP contribution in [0.5, 0.6) is 5.75 Å². The van der Waals surface area contributed by atoms with Gasteiger partial charge in [0.1, 0.15) is 5.75 Å². The van der Waals surface area contributed by atoms with Gasteiger partial charge in [0.05, 0.1) is 6.61 Å². The highest BCUT2D eigenvalue weighted by molar-refractivity contribution is 5.79. The van der Waals surface area contributed by atoms with E-state index in [4.69, 9.17) is 10.5 Å². The van der Waals surface area contributed by atoms with E-state index in [9.17, 15) is 4.79 Å². The fraction of sp³-hybridized carbons (Fsp3) is 0.562. The van der Waals surface area contributed by atoms with Crippen LogP contribution in [-0.2, 0) is 11.3 Å². The summed E-state index contributed by atoms with van der Waals surface area (Å²) >= 11 is 0. The zero-order valence-electron chi connectivity index (χ0n) is 12.1. The first-order valence-corrected chi connectivity index (χ1v) is 7.44. The number of amides is 1. The first kappa shape index (κ1) is 14.9. The predicted molar refractivity (Wildman–Crippen MR) is 79.3 cm³/mol. The summed E-state index contributed by atoms with van der Waals surface area (Å²) in [4.78, 5) is 12.2. The van der Waals surface area contributed by atoms with Crippen LogP contribution in [0.1, 0.15) is 31.7 Å². The third kappa shape index (κ3) is 3.73. The molecule has 0 radical (unpaired) electrons. The number of nitrogens with two attached hydrogens (primary N) is 1. The smallest absolute Gasteiger partial charge is 0.223 e. The minimum Gasteiger partial charge on any atom is -0.494 e. The van der Waals surface area contributed by atoms with E-state index in [0.29, 0.717) is 25.6 Å². The summed E-state index contributed by atoms with van der Waals surface area (Å²) in [6.45, 7) is 3.77. The van der Waals surface area contributed by atoms with E-state index in [2.05, 4.69) is 5.32 Å². The molecule has 1 fully saturated rings. The van der Waals surface area contributed by atoms with E-state index in [-0.39, 0.29) is 11.8 Å². The molecular weight excluding hydrogens is 252 g/mol. The summed E-state index contributed by atoms with van der Waals surface area (Å²) in [7, 11) is 0. The van der Waals surface area contributed by atoms with Crippen LogP contribution in [0.4, 0.5) is 0 Å². The predicted octanol–water partition coefficient (Wildman–Crippen LogP) is 2.08. The van der Waals surface area contributed by atoms with Gasteiger partial charge in [-0.05, 0) is 49.9 Å². The Balaban J connectivity index is 1.88. The van der Waals surface area contributed by atoms with Crippen molar-refractivity contribution in [2.75, 3.05) is 13.2 Å². The highest BCUT2D eigenvalue weighted by Gasteiger charge is 2.31. The van der Waals surface area contributed by atoms with Crippen LogP contribution in [0.15, 0.2) is 24.3 Å². The summed E-state index contributed by atoms with van der Waals surface area (Å²) in [5.41, 5.74) is 6.79. The number of nitrogens with one attached hydrogen (secondary N) is 1. The molecule has 1 saturated carbocycles. The van der Waals surface area contributed by atoms with Crippen LogP contribution in [0.3, 0.4) is 0 Å². The zero-order chi connectivity index (χ0) is 14.4. The summed E-state index contributed by atoms with van der Waals surface area (Å²) in [5.74, 6) is 1.43. The number of ether oxygens (including phenoxy) is 1. The normalized spacial score (nSPS) is 21.7. The van der Waals surface area contributed by atoms with Gasteiger partial charge in [0, 0.05) is 12.5 Å². The number of benzene rings is 1. The van der Waals surface area contributed by atoms with Gasteiger partial charge < -0.3 is 15.8 Å². The van der Waals surface area contributed by atoms with Crippen molar-refractivity contribution in [3.05, 3.63) is 29.8 Å². The molecule has 0 aromatic heterocycles. The lowest BCUT2D eigenvalue weighted by atomic mass is 9.95. The molecule has 20 heavy (non-hydrogen) atoms. The number of carbonyl (C=O) groups excluding carboxylic acids is 1. The third-order valence-electron chi connectivity index (χ3n) is 3.97. The lowest BCUT2D eigenvalue weighted by molar-refractivity contribution is -0.126. The Hall–Kier alpha value is -1.55. The van der Waals surface area contributed by atoms with Crippen LogP contribution < -0.4 is 15.8 Å². The molecule has 0 bridgehead atoms. The number of hydrogen-bond acceptors (Lipinski definition) is 3. The van der Waals surface area contributed by atoms with Crippen molar-refractivity contribution in [1.82, 2.24) is 5.32 Å². The standard InChI is InChI=1S/C16H24N2O2/c1-2-20-14-7-3-5-12(9-14)11-18-16(19)15-8-4-6-13(15)10-17/h3,5,7,9,13,15H,2,4,6,8,10-11,17H2,1H3,(H,18,19)/t13-,15-/m1/s1. The average molecular weight is 276 g/mol. The average Bonchev–Trinajstić information content (AvgIpc) is 2.94. The highest BCUT2D eigenvalue weighted by atomic mass is 16.5. The van der Waals surface area contributed by atoms with E-state index >= 15 is 0 Å². The fourth-order valence-corrected chi connectivity index (χ4v) is 2.90. The van der Waals surface area contributed by atoms with Crippen molar-refractivity contribution in [3.63, 3.8) is 0 Å². The molecule has 0 spiro atoms. The Kier molecular flexibility index (Phi) is 5.41. The molecule has 1 aromatic rings. The maximum atomic E-state index is 12.2. The van der Waals surface area contributed by atoms with Crippen molar-refractivity contribution in [2.45, 2.75) is 32.7 Å². The van der Waals surface area contributed by atoms with E-state index in [0.717, 1.165) is 30.6 Å². The van der Waals surface area contributed by atoms with Crippen molar-refractivity contribution in [1.29, 1.82) is 0 Å². The number of hydrogen-bond donors (Lipinski definition) is 2. The molecule has 4 nitrogen and oxygen atoms in total. The van der Waals surface area contributed by atoms with E-state index in [1.165, 1.54) is 0 Å². The van der Waals surface area contributed by atoms with Crippen molar-refractivity contribution in [3.8, 4) is 5.75 Å². The quantitative estimate of drug-likeness (QED) is 0.836. The van der Waals surface area contributed by atoms with E-state index in [1.54, 1.807) is 0 Å². The molecule has 0 aliphatic heterocycles. The molecule has 1 aliphatic carbocycles. The number of rotatable bonds is 6. The topological polar surface area (TPSA) is 64.3 Å². The second-order valence-corrected chi connectivity index (χ2v) is 5.33. The van der Waals surface area contributed by atoms with Crippen molar-refractivity contribution >= 4 is 5.91 Å². The van der Waals surface area contributed by atoms with Gasteiger partial charge in [-0.1, -0.05) is 18.6 Å². The Labute approximate surface area is 120 Å². The molecular formula is C16H24N2O2. The zero-order valence-corrected chi connectivity index (χ0v) is 12.1. The monoisotopic (exact) mass is 276 g/mol. The summed E-state index contributed by atoms with van der Waals surface area (Å²) in [6, 6.07) is 7.84. The van der Waals surface area contributed by atoms with Gasteiger partial charge >= 0.3 is 0 Å². The lowest BCUT2D eigenvalue weighted by Gasteiger charge is -2.17.